The van der Waals surface area contributed by atoms with Crippen molar-refractivity contribution < 1.29 is 9.18 Å². The number of aromatic nitrogens is 3. The van der Waals surface area contributed by atoms with E-state index in [0.29, 0.717) is 0 Å². The number of fused-ring (bicyclic) bond motifs is 1. The normalized spacial score (nSPS) is 13.5. The molecule has 3 aromatic heterocycles. The summed E-state index contributed by atoms with van der Waals surface area (Å²) in [5.74, 6) is -0.0815. The van der Waals surface area contributed by atoms with E-state index in [1.165, 1.54) is 18.5 Å². The first kappa shape index (κ1) is 16.3. The highest BCUT2D eigenvalue weighted by atomic mass is 32.1. The van der Waals surface area contributed by atoms with Gasteiger partial charge in [-0.1, -0.05) is 0 Å². The van der Waals surface area contributed by atoms with Crippen molar-refractivity contribution in [3.05, 3.63) is 47.6 Å². The van der Waals surface area contributed by atoms with E-state index in [1.807, 2.05) is 25.3 Å². The van der Waals surface area contributed by atoms with Crippen molar-refractivity contribution in [2.24, 2.45) is 0 Å². The van der Waals surface area contributed by atoms with Crippen molar-refractivity contribution in [2.45, 2.75) is 25.9 Å². The number of pyridine rings is 1. The maximum absolute atomic E-state index is 12.9. The molecule has 8 heteroatoms. The van der Waals surface area contributed by atoms with Crippen molar-refractivity contribution in [2.75, 3.05) is 5.32 Å². The van der Waals surface area contributed by atoms with Gasteiger partial charge in [0.1, 0.15) is 23.7 Å². The second-order valence-corrected chi connectivity index (χ2v) is 6.33. The molecule has 6 nitrogen and oxygen atoms in total. The Labute approximate surface area is 142 Å². The molecule has 2 unspecified atom stereocenters. The van der Waals surface area contributed by atoms with Crippen LogP contribution in [0, 0.1) is 5.82 Å². The number of rotatable bonds is 5. The van der Waals surface area contributed by atoms with E-state index in [1.54, 1.807) is 11.3 Å². The third-order valence-electron chi connectivity index (χ3n) is 3.68. The number of anilines is 1. The summed E-state index contributed by atoms with van der Waals surface area (Å²) in [7, 11) is 0. The predicted octanol–water partition coefficient (Wildman–Crippen LogP) is 2.84. The SMILES string of the molecule is CC(NC(=O)c1ccc(F)cn1)C(C)Nc1ncnc2ccsc12. The number of nitrogens with one attached hydrogen (secondary N) is 2. The standard InChI is InChI=1S/C16H16FN5OS/c1-9(21-15-14-12(5-6-24-14)19-8-20-15)10(2)22-16(23)13-4-3-11(17)7-18-13/h3-10H,1-2H3,(H,22,23)(H,19,20,21). The lowest BCUT2D eigenvalue weighted by molar-refractivity contribution is 0.0932. The van der Waals surface area contributed by atoms with Crippen LogP contribution in [0.4, 0.5) is 10.2 Å². The minimum Gasteiger partial charge on any atom is -0.364 e. The highest BCUT2D eigenvalue weighted by Crippen LogP contribution is 2.25. The first-order valence-corrected chi connectivity index (χ1v) is 8.29. The smallest absolute Gasteiger partial charge is 0.270 e. The minimum absolute atomic E-state index is 0.0744. The topological polar surface area (TPSA) is 79.8 Å². The third-order valence-corrected chi connectivity index (χ3v) is 4.59. The third kappa shape index (κ3) is 3.48. The quantitative estimate of drug-likeness (QED) is 0.743. The molecule has 24 heavy (non-hydrogen) atoms. The van der Waals surface area contributed by atoms with Crippen LogP contribution in [0.3, 0.4) is 0 Å². The average Bonchev–Trinajstić information content (AvgIpc) is 3.05. The molecule has 0 fully saturated rings. The molecule has 0 radical (unpaired) electrons. The molecule has 1 amide bonds. The van der Waals surface area contributed by atoms with Crippen molar-refractivity contribution in [1.82, 2.24) is 20.3 Å². The van der Waals surface area contributed by atoms with Crippen LogP contribution in [0.25, 0.3) is 10.2 Å². The van der Waals surface area contributed by atoms with Gasteiger partial charge in [0.2, 0.25) is 0 Å². The average molecular weight is 345 g/mol. The Hall–Kier alpha value is -2.61. The van der Waals surface area contributed by atoms with Gasteiger partial charge in [0.05, 0.1) is 16.4 Å². The molecular weight excluding hydrogens is 329 g/mol. The lowest BCUT2D eigenvalue weighted by Gasteiger charge is -2.23. The number of amides is 1. The van der Waals surface area contributed by atoms with E-state index in [0.717, 1.165) is 22.2 Å². The summed E-state index contributed by atoms with van der Waals surface area (Å²) in [6, 6.07) is 4.24. The zero-order valence-electron chi connectivity index (χ0n) is 13.2. The van der Waals surface area contributed by atoms with Crippen LogP contribution in [0.2, 0.25) is 0 Å². The molecule has 0 aliphatic rings. The van der Waals surface area contributed by atoms with E-state index in [9.17, 15) is 9.18 Å². The van der Waals surface area contributed by atoms with E-state index >= 15 is 0 Å². The summed E-state index contributed by atoms with van der Waals surface area (Å²) < 4.78 is 13.8. The Bertz CT molecular complexity index is 851. The summed E-state index contributed by atoms with van der Waals surface area (Å²) in [6.07, 6.45) is 2.53. The summed E-state index contributed by atoms with van der Waals surface area (Å²) >= 11 is 1.56. The lowest BCUT2D eigenvalue weighted by atomic mass is 10.1. The van der Waals surface area contributed by atoms with Crippen LogP contribution in [-0.2, 0) is 0 Å². The van der Waals surface area contributed by atoms with Crippen molar-refractivity contribution in [3.63, 3.8) is 0 Å². The maximum Gasteiger partial charge on any atom is 0.270 e. The number of thiophene rings is 1. The Morgan fingerprint density at radius 2 is 2.00 bits per heavy atom. The van der Waals surface area contributed by atoms with Crippen molar-refractivity contribution in [3.8, 4) is 0 Å². The Morgan fingerprint density at radius 3 is 2.75 bits per heavy atom. The van der Waals surface area contributed by atoms with Gasteiger partial charge in [-0.3, -0.25) is 4.79 Å². The van der Waals surface area contributed by atoms with Gasteiger partial charge in [-0.05, 0) is 37.4 Å². The van der Waals surface area contributed by atoms with Crippen LogP contribution < -0.4 is 10.6 Å². The molecule has 0 saturated heterocycles. The molecule has 0 saturated carbocycles. The number of hydrogen-bond donors (Lipinski definition) is 2. The Morgan fingerprint density at radius 1 is 1.17 bits per heavy atom. The first-order valence-electron chi connectivity index (χ1n) is 7.42. The fourth-order valence-corrected chi connectivity index (χ4v) is 2.95. The second kappa shape index (κ2) is 6.88. The van der Waals surface area contributed by atoms with Crippen molar-refractivity contribution >= 4 is 33.3 Å². The minimum atomic E-state index is -0.474. The molecule has 3 rings (SSSR count). The van der Waals surface area contributed by atoms with Gasteiger partial charge < -0.3 is 10.6 Å². The van der Waals surface area contributed by atoms with Crippen LogP contribution in [0.1, 0.15) is 24.3 Å². The van der Waals surface area contributed by atoms with E-state index in [4.69, 9.17) is 0 Å². The molecule has 2 N–H and O–H groups in total. The first-order chi connectivity index (χ1) is 11.5. The van der Waals surface area contributed by atoms with Crippen LogP contribution in [-0.4, -0.2) is 32.9 Å². The molecule has 3 aromatic rings. The zero-order chi connectivity index (χ0) is 17.1. The largest absolute Gasteiger partial charge is 0.364 e. The van der Waals surface area contributed by atoms with E-state index < -0.39 is 5.82 Å². The Balaban J connectivity index is 1.66. The second-order valence-electron chi connectivity index (χ2n) is 5.41. The van der Waals surface area contributed by atoms with Gasteiger partial charge >= 0.3 is 0 Å². The van der Waals surface area contributed by atoms with Crippen LogP contribution >= 0.6 is 11.3 Å². The number of carbonyl (C=O) groups excluding carboxylic acids is 1. The fraction of sp³-hybridized carbons (Fsp3) is 0.250. The molecule has 0 bridgehead atoms. The molecule has 124 valence electrons. The molecule has 0 spiro atoms. The molecule has 0 aromatic carbocycles. The molecule has 3 heterocycles. The van der Waals surface area contributed by atoms with E-state index in [2.05, 4.69) is 25.6 Å². The fourth-order valence-electron chi connectivity index (χ4n) is 2.15. The molecular formula is C16H16FN5OS. The summed E-state index contributed by atoms with van der Waals surface area (Å²) in [6.45, 7) is 3.83. The molecule has 2 atom stereocenters. The molecule has 0 aliphatic heterocycles. The van der Waals surface area contributed by atoms with Crippen LogP contribution in [0.5, 0.6) is 0 Å². The highest BCUT2D eigenvalue weighted by molar-refractivity contribution is 7.17. The summed E-state index contributed by atoms with van der Waals surface area (Å²) in [4.78, 5) is 24.4. The van der Waals surface area contributed by atoms with Gasteiger partial charge in [0, 0.05) is 12.1 Å². The zero-order valence-corrected chi connectivity index (χ0v) is 14.0. The highest BCUT2D eigenvalue weighted by Gasteiger charge is 2.18. The monoisotopic (exact) mass is 345 g/mol. The van der Waals surface area contributed by atoms with E-state index in [-0.39, 0.29) is 23.7 Å². The number of carbonyl (C=O) groups is 1. The lowest BCUT2D eigenvalue weighted by Crippen LogP contribution is -2.43. The predicted molar refractivity (Wildman–Crippen MR) is 91.6 cm³/mol. The van der Waals surface area contributed by atoms with Crippen LogP contribution in [0.15, 0.2) is 36.1 Å². The van der Waals surface area contributed by atoms with Gasteiger partial charge in [-0.15, -0.1) is 11.3 Å². The van der Waals surface area contributed by atoms with Gasteiger partial charge in [0.15, 0.2) is 0 Å². The summed E-state index contributed by atoms with van der Waals surface area (Å²) in [5, 5.41) is 8.11. The van der Waals surface area contributed by atoms with Gasteiger partial charge in [0.25, 0.3) is 5.91 Å². The molecule has 0 aliphatic carbocycles. The van der Waals surface area contributed by atoms with Crippen molar-refractivity contribution in [1.29, 1.82) is 0 Å². The van der Waals surface area contributed by atoms with Gasteiger partial charge in [-0.25, -0.2) is 19.3 Å². The Kier molecular flexibility index (Phi) is 4.66. The number of nitrogens with zero attached hydrogens (tertiary/aromatic N) is 3. The van der Waals surface area contributed by atoms with Gasteiger partial charge in [-0.2, -0.15) is 0 Å². The number of halogens is 1. The maximum atomic E-state index is 12.9. The summed E-state index contributed by atoms with van der Waals surface area (Å²) in [5.41, 5.74) is 1.06. The number of hydrogen-bond acceptors (Lipinski definition) is 6.